The number of aromatic nitrogens is 2. The van der Waals surface area contributed by atoms with Crippen LogP contribution >= 0.6 is 15.9 Å². The molecule has 0 saturated heterocycles. The molecule has 1 aromatic heterocycles. The van der Waals surface area contributed by atoms with Crippen LogP contribution in [-0.4, -0.2) is 14.7 Å². The number of benzene rings is 2. The van der Waals surface area contributed by atoms with Crippen molar-refractivity contribution in [1.82, 2.24) is 9.78 Å². The molecule has 0 N–H and O–H groups in total. The number of aryl methyl sites for hydroxylation is 1. The molecule has 8 heteroatoms. The van der Waals surface area contributed by atoms with E-state index in [0.717, 1.165) is 4.47 Å². The van der Waals surface area contributed by atoms with Crippen LogP contribution in [0.15, 0.2) is 63.2 Å². The number of hydrogen-bond donors (Lipinski definition) is 0. The third-order valence-corrected chi connectivity index (χ3v) is 4.18. The molecule has 3 rings (SSSR count). The molecule has 25 heavy (non-hydrogen) atoms. The normalized spacial score (nSPS) is 11.2. The van der Waals surface area contributed by atoms with Gasteiger partial charge in [-0.05, 0) is 44.2 Å². The fourth-order valence-electron chi connectivity index (χ4n) is 2.43. The molecule has 1 heterocycles. The molecule has 0 fully saturated rings. The molecule has 7 nitrogen and oxygen atoms in total. The van der Waals surface area contributed by atoms with E-state index in [1.165, 1.54) is 10.7 Å². The number of rotatable bonds is 4. The van der Waals surface area contributed by atoms with Gasteiger partial charge in [0, 0.05) is 10.5 Å². The van der Waals surface area contributed by atoms with Gasteiger partial charge in [0.05, 0.1) is 22.0 Å². The Bertz CT molecular complexity index is 964. The van der Waals surface area contributed by atoms with E-state index in [9.17, 15) is 10.1 Å². The fraction of sp³-hybridized carbons (Fsp3) is 0.118. The molecule has 0 atom stereocenters. The molecule has 2 aromatic carbocycles. The van der Waals surface area contributed by atoms with Crippen molar-refractivity contribution in [2.24, 2.45) is 10.2 Å². The summed E-state index contributed by atoms with van der Waals surface area (Å²) in [6.07, 6.45) is 0. The van der Waals surface area contributed by atoms with E-state index in [1.807, 2.05) is 31.2 Å². The number of azo groups is 1. The van der Waals surface area contributed by atoms with Crippen molar-refractivity contribution in [2.75, 3.05) is 0 Å². The van der Waals surface area contributed by atoms with Crippen LogP contribution in [-0.2, 0) is 0 Å². The Morgan fingerprint density at radius 1 is 1.08 bits per heavy atom. The lowest BCUT2D eigenvalue weighted by molar-refractivity contribution is -0.384. The van der Waals surface area contributed by atoms with Crippen LogP contribution in [0.25, 0.3) is 5.69 Å². The Morgan fingerprint density at radius 3 is 2.44 bits per heavy atom. The first-order chi connectivity index (χ1) is 12.0. The topological polar surface area (TPSA) is 85.7 Å². The first-order valence-electron chi connectivity index (χ1n) is 7.44. The number of nitrogens with zero attached hydrogens (tertiary/aromatic N) is 5. The predicted octanol–water partition coefficient (Wildman–Crippen LogP) is 5.58. The zero-order chi connectivity index (χ0) is 18.0. The molecule has 0 bridgehead atoms. The molecule has 0 spiro atoms. The first-order valence-corrected chi connectivity index (χ1v) is 8.24. The van der Waals surface area contributed by atoms with E-state index in [0.29, 0.717) is 28.5 Å². The molecule has 0 unspecified atom stereocenters. The molecule has 0 aliphatic heterocycles. The lowest BCUT2D eigenvalue weighted by Crippen LogP contribution is -2.03. The van der Waals surface area contributed by atoms with Crippen LogP contribution in [0, 0.1) is 24.0 Å². The first kappa shape index (κ1) is 17.0. The van der Waals surface area contributed by atoms with Crippen LogP contribution in [0.3, 0.4) is 0 Å². The van der Waals surface area contributed by atoms with E-state index in [-0.39, 0.29) is 5.69 Å². The highest BCUT2D eigenvalue weighted by atomic mass is 79.9. The highest BCUT2D eigenvalue weighted by molar-refractivity contribution is 9.10. The zero-order valence-electron chi connectivity index (χ0n) is 13.5. The average Bonchev–Trinajstić information content (AvgIpc) is 2.88. The van der Waals surface area contributed by atoms with Gasteiger partial charge in [-0.2, -0.15) is 10.2 Å². The Morgan fingerprint density at radius 2 is 1.76 bits per heavy atom. The summed E-state index contributed by atoms with van der Waals surface area (Å²) in [6, 6.07) is 13.9. The number of halogens is 1. The van der Waals surface area contributed by atoms with Crippen molar-refractivity contribution in [2.45, 2.75) is 13.8 Å². The second-order valence-corrected chi connectivity index (χ2v) is 6.27. The molecule has 126 valence electrons. The van der Waals surface area contributed by atoms with Gasteiger partial charge >= 0.3 is 0 Å². The number of nitro benzene ring substituents is 1. The van der Waals surface area contributed by atoms with Crippen molar-refractivity contribution < 1.29 is 4.92 Å². The maximum atomic E-state index is 11.3. The second-order valence-electron chi connectivity index (χ2n) is 5.35. The number of nitro groups is 1. The summed E-state index contributed by atoms with van der Waals surface area (Å²) in [4.78, 5) is 10.8. The smallest absolute Gasteiger partial charge is 0.258 e. The van der Waals surface area contributed by atoms with Crippen LogP contribution in [0.2, 0.25) is 0 Å². The maximum absolute atomic E-state index is 11.3. The summed E-state index contributed by atoms with van der Waals surface area (Å²) in [5.41, 5.74) is 3.04. The minimum atomic E-state index is -0.422. The van der Waals surface area contributed by atoms with Crippen molar-refractivity contribution in [3.63, 3.8) is 0 Å². The molecule has 0 radical (unpaired) electrons. The Kier molecular flexibility index (Phi) is 4.71. The quantitative estimate of drug-likeness (QED) is 0.326. The highest BCUT2D eigenvalue weighted by Crippen LogP contribution is 2.31. The minimum Gasteiger partial charge on any atom is -0.258 e. The standard InChI is InChI=1S/C17H14BrN5O2/c1-11-17(20-19-14-9-7-13(18)8-10-14)12(2)22(21-11)15-5-3-4-6-16(15)23(24)25/h3-10H,1-2H3. The van der Waals surface area contributed by atoms with E-state index >= 15 is 0 Å². The Hall–Kier alpha value is -2.87. The van der Waals surface area contributed by atoms with Crippen molar-refractivity contribution in [3.05, 3.63) is 74.5 Å². The van der Waals surface area contributed by atoms with E-state index in [2.05, 4.69) is 31.3 Å². The summed E-state index contributed by atoms with van der Waals surface area (Å²) < 4.78 is 2.49. The second kappa shape index (κ2) is 6.94. The number of hydrogen-bond acceptors (Lipinski definition) is 5. The van der Waals surface area contributed by atoms with Crippen LogP contribution in [0.4, 0.5) is 17.1 Å². The van der Waals surface area contributed by atoms with Crippen molar-refractivity contribution >= 4 is 33.0 Å². The van der Waals surface area contributed by atoms with Crippen LogP contribution in [0.1, 0.15) is 11.4 Å². The molecular formula is C17H14BrN5O2. The fourth-order valence-corrected chi connectivity index (χ4v) is 2.69. The number of para-hydroxylation sites is 2. The summed E-state index contributed by atoms with van der Waals surface area (Å²) in [5, 5.41) is 24.2. The van der Waals surface area contributed by atoms with Crippen LogP contribution < -0.4 is 0 Å². The predicted molar refractivity (Wildman–Crippen MR) is 98.0 cm³/mol. The highest BCUT2D eigenvalue weighted by Gasteiger charge is 2.19. The molecule has 0 aliphatic rings. The summed E-state index contributed by atoms with van der Waals surface area (Å²) in [5.74, 6) is 0. The Labute approximate surface area is 152 Å². The molecule has 0 aliphatic carbocycles. The van der Waals surface area contributed by atoms with Gasteiger partial charge in [-0.1, -0.05) is 28.1 Å². The lowest BCUT2D eigenvalue weighted by atomic mass is 10.2. The average molecular weight is 400 g/mol. The van der Waals surface area contributed by atoms with Crippen LogP contribution in [0.5, 0.6) is 0 Å². The maximum Gasteiger partial charge on any atom is 0.294 e. The molecular weight excluding hydrogens is 386 g/mol. The summed E-state index contributed by atoms with van der Waals surface area (Å²) in [7, 11) is 0. The van der Waals surface area contributed by atoms with Gasteiger partial charge in [0.1, 0.15) is 11.4 Å². The summed E-state index contributed by atoms with van der Waals surface area (Å²) in [6.45, 7) is 3.61. The van der Waals surface area contributed by atoms with Crippen molar-refractivity contribution in [1.29, 1.82) is 0 Å². The minimum absolute atomic E-state index is 0.00972. The largest absolute Gasteiger partial charge is 0.294 e. The zero-order valence-corrected chi connectivity index (χ0v) is 15.1. The SMILES string of the molecule is Cc1nn(-c2ccccc2[N+](=O)[O-])c(C)c1N=Nc1ccc(Br)cc1. The van der Waals surface area contributed by atoms with Crippen molar-refractivity contribution in [3.8, 4) is 5.69 Å². The van der Waals surface area contributed by atoms with Gasteiger partial charge in [0.25, 0.3) is 5.69 Å². The van der Waals surface area contributed by atoms with E-state index in [1.54, 1.807) is 25.1 Å². The van der Waals surface area contributed by atoms with E-state index < -0.39 is 4.92 Å². The van der Waals surface area contributed by atoms with Gasteiger partial charge in [-0.25, -0.2) is 4.68 Å². The lowest BCUT2D eigenvalue weighted by Gasteiger charge is -2.04. The van der Waals surface area contributed by atoms with E-state index in [4.69, 9.17) is 0 Å². The Balaban J connectivity index is 2.02. The van der Waals surface area contributed by atoms with Gasteiger partial charge in [0.2, 0.25) is 0 Å². The summed E-state index contributed by atoms with van der Waals surface area (Å²) >= 11 is 3.37. The van der Waals surface area contributed by atoms with Gasteiger partial charge < -0.3 is 0 Å². The third kappa shape index (κ3) is 3.48. The third-order valence-electron chi connectivity index (χ3n) is 3.65. The van der Waals surface area contributed by atoms with Gasteiger partial charge in [0.15, 0.2) is 0 Å². The van der Waals surface area contributed by atoms with Gasteiger partial charge in [-0.15, -0.1) is 5.11 Å². The molecule has 3 aromatic rings. The molecule has 0 saturated carbocycles. The van der Waals surface area contributed by atoms with Gasteiger partial charge in [-0.3, -0.25) is 10.1 Å². The molecule has 0 amide bonds. The monoisotopic (exact) mass is 399 g/mol.